The van der Waals surface area contributed by atoms with E-state index in [0.29, 0.717) is 5.92 Å². The normalized spacial score (nSPS) is 20.4. The average Bonchev–Trinajstić information content (AvgIpc) is 2.33. The van der Waals surface area contributed by atoms with Gasteiger partial charge in [0.1, 0.15) is 0 Å². The molecule has 0 unspecified atom stereocenters. The third-order valence-electron chi connectivity index (χ3n) is 2.26. The van der Waals surface area contributed by atoms with Crippen LogP contribution in [0.5, 0.6) is 0 Å². The highest BCUT2D eigenvalue weighted by molar-refractivity contribution is 7.79. The smallest absolute Gasteiger partial charge is 0.298 e. The van der Waals surface area contributed by atoms with Crippen LogP contribution in [0.3, 0.4) is 0 Å². The summed E-state index contributed by atoms with van der Waals surface area (Å²) < 4.78 is 31.6. The molecule has 0 aromatic rings. The van der Waals surface area contributed by atoms with E-state index in [-0.39, 0.29) is 5.66 Å². The highest BCUT2D eigenvalue weighted by Crippen LogP contribution is 2.14. The van der Waals surface area contributed by atoms with E-state index in [9.17, 15) is 0 Å². The summed E-state index contributed by atoms with van der Waals surface area (Å²) in [5.74, 6) is 0.667. The Hall–Kier alpha value is -0.210. The van der Waals surface area contributed by atoms with Crippen molar-refractivity contribution in [3.8, 4) is 0 Å². The molecule has 1 fully saturated rings. The summed E-state index contributed by atoms with van der Waals surface area (Å²) in [6.07, 6.45) is 0. The number of rotatable bonds is 1. The Labute approximate surface area is 84.7 Å². The van der Waals surface area contributed by atoms with Crippen molar-refractivity contribution in [1.29, 1.82) is 0 Å². The van der Waals surface area contributed by atoms with Crippen molar-refractivity contribution in [1.82, 2.24) is 10.6 Å². The minimum Gasteiger partial charge on any atom is -0.298 e. The molecule has 0 amide bonds. The van der Waals surface area contributed by atoms with Gasteiger partial charge in [-0.25, -0.2) is 0 Å². The number of hydrogen-bond donors (Lipinski definition) is 4. The van der Waals surface area contributed by atoms with Crippen LogP contribution in [-0.2, 0) is 10.4 Å². The van der Waals surface area contributed by atoms with Crippen LogP contribution in [0, 0.1) is 5.92 Å². The van der Waals surface area contributed by atoms with Crippen molar-refractivity contribution in [3.05, 3.63) is 0 Å². The van der Waals surface area contributed by atoms with E-state index in [1.165, 1.54) is 0 Å². The third kappa shape index (κ3) is 6.28. The molecule has 7 heteroatoms. The molecule has 1 saturated heterocycles. The predicted octanol–water partition coefficient (Wildman–Crippen LogP) is -0.101. The van der Waals surface area contributed by atoms with Crippen molar-refractivity contribution >= 4 is 10.4 Å². The molecule has 0 radical (unpaired) electrons. The van der Waals surface area contributed by atoms with Crippen molar-refractivity contribution in [2.75, 3.05) is 13.1 Å². The van der Waals surface area contributed by atoms with Crippen LogP contribution in [0.25, 0.3) is 0 Å². The summed E-state index contributed by atoms with van der Waals surface area (Å²) >= 11 is 0. The minimum atomic E-state index is -4.67. The molecule has 4 N–H and O–H groups in total. The summed E-state index contributed by atoms with van der Waals surface area (Å²) in [7, 11) is -4.67. The SMILES string of the molecule is CC(C)C1(C)NCCN1.O=S(=O)(O)O. The zero-order valence-electron chi connectivity index (χ0n) is 8.61. The van der Waals surface area contributed by atoms with Crippen LogP contribution >= 0.6 is 0 Å². The molecule has 1 aliphatic rings. The number of hydrogen-bond acceptors (Lipinski definition) is 4. The molecule has 0 aliphatic carbocycles. The lowest BCUT2D eigenvalue weighted by molar-refractivity contribution is 0.267. The molecule has 86 valence electrons. The molecule has 0 spiro atoms. The molecule has 14 heavy (non-hydrogen) atoms. The van der Waals surface area contributed by atoms with E-state index >= 15 is 0 Å². The van der Waals surface area contributed by atoms with E-state index in [4.69, 9.17) is 17.5 Å². The van der Waals surface area contributed by atoms with Crippen LogP contribution < -0.4 is 10.6 Å². The Bertz CT molecular complexity index is 249. The molecule has 6 nitrogen and oxygen atoms in total. The summed E-state index contributed by atoms with van der Waals surface area (Å²) in [6, 6.07) is 0. The summed E-state index contributed by atoms with van der Waals surface area (Å²) in [5, 5.41) is 6.84. The molecule has 1 rings (SSSR count). The Balaban J connectivity index is 0.000000292. The molecule has 0 aromatic heterocycles. The van der Waals surface area contributed by atoms with Crippen LogP contribution in [0.4, 0.5) is 0 Å². The quantitative estimate of drug-likeness (QED) is 0.466. The van der Waals surface area contributed by atoms with E-state index < -0.39 is 10.4 Å². The molecule has 0 bridgehead atoms. The summed E-state index contributed by atoms with van der Waals surface area (Å²) in [5.41, 5.74) is 0.194. The first-order valence-corrected chi connectivity index (χ1v) is 5.75. The van der Waals surface area contributed by atoms with Gasteiger partial charge in [0.2, 0.25) is 0 Å². The fourth-order valence-electron chi connectivity index (χ4n) is 1.12. The van der Waals surface area contributed by atoms with Crippen molar-refractivity contribution in [3.63, 3.8) is 0 Å². The summed E-state index contributed by atoms with van der Waals surface area (Å²) in [4.78, 5) is 0. The van der Waals surface area contributed by atoms with E-state index in [0.717, 1.165) is 13.1 Å². The molecule has 0 saturated carbocycles. The van der Waals surface area contributed by atoms with Gasteiger partial charge in [0.15, 0.2) is 0 Å². The first-order valence-electron chi connectivity index (χ1n) is 4.35. The van der Waals surface area contributed by atoms with Crippen molar-refractivity contribution in [2.45, 2.75) is 26.4 Å². The average molecular weight is 226 g/mol. The molecular weight excluding hydrogens is 208 g/mol. The third-order valence-corrected chi connectivity index (χ3v) is 2.26. The second-order valence-electron chi connectivity index (χ2n) is 3.66. The maximum absolute atomic E-state index is 8.74. The largest absolute Gasteiger partial charge is 0.394 e. The van der Waals surface area contributed by atoms with Crippen molar-refractivity contribution in [2.24, 2.45) is 5.92 Å². The van der Waals surface area contributed by atoms with Crippen LogP contribution in [0.1, 0.15) is 20.8 Å². The number of nitrogens with one attached hydrogen (secondary N) is 2. The van der Waals surface area contributed by atoms with Gasteiger partial charge in [-0.05, 0) is 12.8 Å². The molecule has 1 heterocycles. The van der Waals surface area contributed by atoms with E-state index in [1.807, 2.05) is 0 Å². The lowest BCUT2D eigenvalue weighted by Gasteiger charge is -2.29. The zero-order valence-corrected chi connectivity index (χ0v) is 9.43. The fourth-order valence-corrected chi connectivity index (χ4v) is 1.12. The fraction of sp³-hybridized carbons (Fsp3) is 1.00. The van der Waals surface area contributed by atoms with E-state index in [2.05, 4.69) is 31.4 Å². The van der Waals surface area contributed by atoms with Crippen LogP contribution in [0.15, 0.2) is 0 Å². The standard InChI is InChI=1S/C7H16N2.H2O4S/c1-6(2)7(3)8-4-5-9-7;1-5(2,3)4/h6,8-9H,4-5H2,1-3H3;(H2,1,2,3,4). The summed E-state index contributed by atoms with van der Waals surface area (Å²) in [6.45, 7) is 8.88. The Morgan fingerprint density at radius 2 is 1.50 bits per heavy atom. The minimum absolute atomic E-state index is 0.194. The monoisotopic (exact) mass is 226 g/mol. The molecular formula is C7H18N2O4S. The van der Waals surface area contributed by atoms with Gasteiger partial charge in [-0.1, -0.05) is 13.8 Å². The first kappa shape index (κ1) is 13.8. The van der Waals surface area contributed by atoms with Gasteiger partial charge in [-0.2, -0.15) is 8.42 Å². The van der Waals surface area contributed by atoms with E-state index in [1.54, 1.807) is 0 Å². The first-order chi connectivity index (χ1) is 6.15. The molecule has 1 aliphatic heterocycles. The Kier molecular flexibility index (Phi) is 4.96. The lowest BCUT2D eigenvalue weighted by Crippen LogP contribution is -2.50. The van der Waals surface area contributed by atoms with Gasteiger partial charge in [0.05, 0.1) is 5.66 Å². The maximum Gasteiger partial charge on any atom is 0.394 e. The van der Waals surface area contributed by atoms with Crippen LogP contribution in [-0.4, -0.2) is 36.3 Å². The van der Waals surface area contributed by atoms with Crippen molar-refractivity contribution < 1.29 is 17.5 Å². The molecule has 0 atom stereocenters. The second-order valence-corrected chi connectivity index (χ2v) is 4.55. The van der Waals surface area contributed by atoms with Gasteiger partial charge >= 0.3 is 10.4 Å². The van der Waals surface area contributed by atoms with Gasteiger partial charge < -0.3 is 0 Å². The zero-order chi connectivity index (χ0) is 11.4. The van der Waals surface area contributed by atoms with Gasteiger partial charge in [0.25, 0.3) is 0 Å². The topological polar surface area (TPSA) is 98.7 Å². The highest BCUT2D eigenvalue weighted by atomic mass is 32.3. The van der Waals surface area contributed by atoms with Gasteiger partial charge in [-0.3, -0.25) is 19.7 Å². The molecule has 0 aromatic carbocycles. The lowest BCUT2D eigenvalue weighted by atomic mass is 10.00. The van der Waals surface area contributed by atoms with Gasteiger partial charge in [-0.15, -0.1) is 0 Å². The maximum atomic E-state index is 8.74. The highest BCUT2D eigenvalue weighted by Gasteiger charge is 2.30. The predicted molar refractivity (Wildman–Crippen MR) is 53.4 cm³/mol. The van der Waals surface area contributed by atoms with Gasteiger partial charge in [0, 0.05) is 13.1 Å². The Morgan fingerprint density at radius 3 is 1.64 bits per heavy atom. The second kappa shape index (κ2) is 5.04. The van der Waals surface area contributed by atoms with Crippen LogP contribution in [0.2, 0.25) is 0 Å². The Morgan fingerprint density at radius 1 is 1.21 bits per heavy atom.